The maximum Gasteiger partial charge on any atom is 0.0233 e. The Morgan fingerprint density at radius 3 is 2.42 bits per heavy atom. The molecule has 0 spiro atoms. The van der Waals surface area contributed by atoms with Crippen LogP contribution in [-0.2, 0) is 13.0 Å². The molecule has 106 valence electrons. The van der Waals surface area contributed by atoms with Crippen molar-refractivity contribution in [2.75, 3.05) is 19.6 Å². The van der Waals surface area contributed by atoms with Crippen LogP contribution in [0.3, 0.4) is 0 Å². The van der Waals surface area contributed by atoms with Crippen molar-refractivity contribution in [3.63, 3.8) is 0 Å². The second-order valence-electron chi connectivity index (χ2n) is 5.84. The SMILES string of the molecule is CCNC1CCN(Cc2ccc(CC)cc2)CC1C. The summed E-state index contributed by atoms with van der Waals surface area (Å²) in [6.45, 7) is 11.4. The zero-order valence-electron chi connectivity index (χ0n) is 12.7. The molecule has 0 aromatic heterocycles. The van der Waals surface area contributed by atoms with E-state index in [1.54, 1.807) is 0 Å². The van der Waals surface area contributed by atoms with Crippen molar-refractivity contribution in [2.45, 2.75) is 46.2 Å². The molecule has 1 aromatic carbocycles. The van der Waals surface area contributed by atoms with Crippen LogP contribution in [0.1, 0.15) is 38.3 Å². The van der Waals surface area contributed by atoms with Gasteiger partial charge >= 0.3 is 0 Å². The van der Waals surface area contributed by atoms with Crippen molar-refractivity contribution >= 4 is 0 Å². The number of nitrogens with zero attached hydrogens (tertiary/aromatic N) is 1. The Morgan fingerprint density at radius 2 is 1.84 bits per heavy atom. The van der Waals surface area contributed by atoms with E-state index in [0.717, 1.165) is 25.4 Å². The zero-order valence-corrected chi connectivity index (χ0v) is 12.7. The number of hydrogen-bond acceptors (Lipinski definition) is 2. The van der Waals surface area contributed by atoms with E-state index in [2.05, 4.69) is 55.3 Å². The van der Waals surface area contributed by atoms with E-state index in [9.17, 15) is 0 Å². The fraction of sp³-hybridized carbons (Fsp3) is 0.647. The molecule has 0 radical (unpaired) electrons. The molecule has 1 aliphatic heterocycles. The van der Waals surface area contributed by atoms with Gasteiger partial charge in [0.1, 0.15) is 0 Å². The highest BCUT2D eigenvalue weighted by Gasteiger charge is 2.24. The summed E-state index contributed by atoms with van der Waals surface area (Å²) in [6.07, 6.45) is 2.41. The first-order valence-corrected chi connectivity index (χ1v) is 7.76. The second-order valence-corrected chi connectivity index (χ2v) is 5.84. The Morgan fingerprint density at radius 1 is 1.16 bits per heavy atom. The van der Waals surface area contributed by atoms with E-state index in [1.807, 2.05) is 0 Å². The van der Waals surface area contributed by atoms with Crippen LogP contribution in [0.5, 0.6) is 0 Å². The highest BCUT2D eigenvalue weighted by Crippen LogP contribution is 2.19. The summed E-state index contributed by atoms with van der Waals surface area (Å²) in [6, 6.07) is 9.83. The number of rotatable bonds is 5. The van der Waals surface area contributed by atoms with E-state index in [0.29, 0.717) is 6.04 Å². The third kappa shape index (κ3) is 4.05. The number of likely N-dealkylation sites (tertiary alicyclic amines) is 1. The van der Waals surface area contributed by atoms with Crippen molar-refractivity contribution in [1.82, 2.24) is 10.2 Å². The highest BCUT2D eigenvalue weighted by molar-refractivity contribution is 5.22. The van der Waals surface area contributed by atoms with Crippen LogP contribution in [0.25, 0.3) is 0 Å². The number of benzene rings is 1. The molecule has 1 N–H and O–H groups in total. The van der Waals surface area contributed by atoms with Gasteiger partial charge < -0.3 is 5.32 Å². The molecule has 19 heavy (non-hydrogen) atoms. The van der Waals surface area contributed by atoms with Crippen LogP contribution in [0.2, 0.25) is 0 Å². The molecule has 2 heteroatoms. The molecule has 1 aromatic rings. The van der Waals surface area contributed by atoms with Gasteiger partial charge in [0.2, 0.25) is 0 Å². The first-order valence-electron chi connectivity index (χ1n) is 7.76. The first-order chi connectivity index (χ1) is 9.22. The second kappa shape index (κ2) is 7.06. The summed E-state index contributed by atoms with van der Waals surface area (Å²) < 4.78 is 0. The van der Waals surface area contributed by atoms with Gasteiger partial charge in [-0.25, -0.2) is 0 Å². The predicted molar refractivity (Wildman–Crippen MR) is 82.3 cm³/mol. The van der Waals surface area contributed by atoms with Crippen molar-refractivity contribution in [1.29, 1.82) is 0 Å². The maximum absolute atomic E-state index is 3.61. The van der Waals surface area contributed by atoms with Crippen LogP contribution in [0.15, 0.2) is 24.3 Å². The Bertz CT molecular complexity index is 371. The van der Waals surface area contributed by atoms with Crippen molar-refractivity contribution in [2.24, 2.45) is 5.92 Å². The smallest absolute Gasteiger partial charge is 0.0233 e. The molecule has 2 unspecified atom stereocenters. The van der Waals surface area contributed by atoms with Crippen molar-refractivity contribution in [3.05, 3.63) is 35.4 Å². The fourth-order valence-electron chi connectivity index (χ4n) is 3.08. The van der Waals surface area contributed by atoms with Gasteiger partial charge in [-0.2, -0.15) is 0 Å². The molecule has 2 rings (SSSR count). The molecule has 1 saturated heterocycles. The van der Waals surface area contributed by atoms with Crippen LogP contribution in [0.4, 0.5) is 0 Å². The van der Waals surface area contributed by atoms with Crippen molar-refractivity contribution < 1.29 is 0 Å². The van der Waals surface area contributed by atoms with Gasteiger partial charge in [0.25, 0.3) is 0 Å². The topological polar surface area (TPSA) is 15.3 Å². The highest BCUT2D eigenvalue weighted by atomic mass is 15.1. The molecule has 1 aliphatic rings. The molecule has 0 amide bonds. The van der Waals surface area contributed by atoms with E-state index >= 15 is 0 Å². The van der Waals surface area contributed by atoms with Crippen LogP contribution in [-0.4, -0.2) is 30.6 Å². The minimum absolute atomic E-state index is 0.712. The summed E-state index contributed by atoms with van der Waals surface area (Å²) in [4.78, 5) is 2.60. The Balaban J connectivity index is 1.86. The molecule has 0 bridgehead atoms. The molecule has 2 atom stereocenters. The average Bonchev–Trinajstić information content (AvgIpc) is 2.43. The van der Waals surface area contributed by atoms with E-state index in [4.69, 9.17) is 0 Å². The normalized spacial score (nSPS) is 24.6. The lowest BCUT2D eigenvalue weighted by molar-refractivity contribution is 0.142. The molecule has 1 fully saturated rings. The molecule has 0 saturated carbocycles. The molecule has 2 nitrogen and oxygen atoms in total. The van der Waals surface area contributed by atoms with Crippen LogP contribution in [0, 0.1) is 5.92 Å². The standard InChI is InChI=1S/C17H28N2/c1-4-15-6-8-16(9-7-15)13-19-11-10-17(18-5-2)14(3)12-19/h6-9,14,17-18H,4-5,10-13H2,1-3H3. The quantitative estimate of drug-likeness (QED) is 0.875. The lowest BCUT2D eigenvalue weighted by Gasteiger charge is -2.37. The third-order valence-electron chi connectivity index (χ3n) is 4.29. The lowest BCUT2D eigenvalue weighted by atomic mass is 9.93. The predicted octanol–water partition coefficient (Wildman–Crippen LogP) is 3.07. The maximum atomic E-state index is 3.61. The molecular formula is C17H28N2. The van der Waals surface area contributed by atoms with Crippen LogP contribution >= 0.6 is 0 Å². The number of hydrogen-bond donors (Lipinski definition) is 1. The summed E-state index contributed by atoms with van der Waals surface area (Å²) in [5.41, 5.74) is 2.88. The summed E-state index contributed by atoms with van der Waals surface area (Å²) in [5, 5.41) is 3.61. The third-order valence-corrected chi connectivity index (χ3v) is 4.29. The number of nitrogens with one attached hydrogen (secondary N) is 1. The monoisotopic (exact) mass is 260 g/mol. The van der Waals surface area contributed by atoms with E-state index < -0.39 is 0 Å². The zero-order chi connectivity index (χ0) is 13.7. The van der Waals surface area contributed by atoms with Gasteiger partial charge in [-0.3, -0.25) is 4.90 Å². The van der Waals surface area contributed by atoms with Gasteiger partial charge in [0, 0.05) is 19.1 Å². The minimum Gasteiger partial charge on any atom is -0.314 e. The van der Waals surface area contributed by atoms with Crippen molar-refractivity contribution in [3.8, 4) is 0 Å². The van der Waals surface area contributed by atoms with Gasteiger partial charge in [-0.05, 0) is 43.0 Å². The summed E-state index contributed by atoms with van der Waals surface area (Å²) in [7, 11) is 0. The number of aryl methyl sites for hydroxylation is 1. The number of piperidine rings is 1. The molecule has 0 aliphatic carbocycles. The minimum atomic E-state index is 0.712. The molecule has 1 heterocycles. The Labute approximate surface area is 118 Å². The van der Waals surface area contributed by atoms with Crippen LogP contribution < -0.4 is 5.32 Å². The molecular weight excluding hydrogens is 232 g/mol. The van der Waals surface area contributed by atoms with Gasteiger partial charge in [0.05, 0.1) is 0 Å². The Hall–Kier alpha value is -0.860. The summed E-state index contributed by atoms with van der Waals surface area (Å²) >= 11 is 0. The summed E-state index contributed by atoms with van der Waals surface area (Å²) in [5.74, 6) is 0.753. The van der Waals surface area contributed by atoms with Gasteiger partial charge in [0.15, 0.2) is 0 Å². The largest absolute Gasteiger partial charge is 0.314 e. The average molecular weight is 260 g/mol. The fourth-order valence-corrected chi connectivity index (χ4v) is 3.08. The van der Waals surface area contributed by atoms with E-state index in [-0.39, 0.29) is 0 Å². The lowest BCUT2D eigenvalue weighted by Crippen LogP contribution is -2.47. The Kier molecular flexibility index (Phi) is 5.41. The van der Waals surface area contributed by atoms with Gasteiger partial charge in [-0.15, -0.1) is 0 Å². The van der Waals surface area contributed by atoms with E-state index in [1.165, 1.54) is 30.6 Å². The van der Waals surface area contributed by atoms with Gasteiger partial charge in [-0.1, -0.05) is 45.0 Å². The first kappa shape index (κ1) is 14.5.